The maximum atomic E-state index is 11.0. The van der Waals surface area contributed by atoms with E-state index in [1.54, 1.807) is 6.07 Å². The van der Waals surface area contributed by atoms with Crippen LogP contribution >= 0.6 is 0 Å². The molecule has 0 aromatic carbocycles. The highest BCUT2D eigenvalue weighted by molar-refractivity contribution is 5.79. The number of aryl methyl sites for hydroxylation is 1. The second kappa shape index (κ2) is 3.72. The molecular weight excluding hydrogens is 194 g/mol. The molecule has 1 amide bonds. The average molecular weight is 207 g/mol. The van der Waals surface area contributed by atoms with E-state index >= 15 is 0 Å². The van der Waals surface area contributed by atoms with Crippen LogP contribution in [-0.2, 0) is 4.79 Å². The molecule has 1 aromatic heterocycles. The Kier molecular flexibility index (Phi) is 2.40. The third-order valence-corrected chi connectivity index (χ3v) is 2.20. The molecule has 6 nitrogen and oxygen atoms in total. The highest BCUT2D eigenvalue weighted by Gasteiger charge is 2.21. The minimum absolute atomic E-state index is 0.0613. The van der Waals surface area contributed by atoms with Crippen molar-refractivity contribution in [1.82, 2.24) is 15.3 Å². The molecule has 0 aliphatic carbocycles. The van der Waals surface area contributed by atoms with Gasteiger partial charge in [0.25, 0.3) is 0 Å². The van der Waals surface area contributed by atoms with E-state index in [0.29, 0.717) is 18.8 Å². The topological polar surface area (TPSA) is 92.9 Å². The molecule has 1 aromatic rings. The molecule has 1 aliphatic rings. The summed E-state index contributed by atoms with van der Waals surface area (Å²) in [6, 6.07) is 1.89. The Bertz CT molecular complexity index is 372. The molecule has 0 spiro atoms. The number of nitrogens with zero attached hydrogens (tertiary/aromatic N) is 2. The number of rotatable bonds is 2. The minimum Gasteiger partial charge on any atom is -0.368 e. The van der Waals surface area contributed by atoms with Crippen LogP contribution in [0.15, 0.2) is 6.07 Å². The Morgan fingerprint density at radius 3 is 3.00 bits per heavy atom. The maximum absolute atomic E-state index is 11.0. The summed E-state index contributed by atoms with van der Waals surface area (Å²) >= 11 is 0. The number of aromatic nitrogens is 2. The van der Waals surface area contributed by atoms with Gasteiger partial charge in [0.15, 0.2) is 0 Å². The zero-order valence-corrected chi connectivity index (χ0v) is 8.45. The summed E-state index contributed by atoms with van der Waals surface area (Å²) in [7, 11) is 0. The standard InChI is InChI=1S/C9H13N5O/c1-5-2-7(14-9(10)12-5)13-6-3-8(15)11-4-6/h2,6H,3-4H2,1H3,(H,11,15)(H3,10,12,13,14). The summed E-state index contributed by atoms with van der Waals surface area (Å²) in [5.74, 6) is 0.975. The molecule has 1 aliphatic heterocycles. The van der Waals surface area contributed by atoms with Crippen LogP contribution in [0.1, 0.15) is 12.1 Å². The summed E-state index contributed by atoms with van der Waals surface area (Å²) < 4.78 is 0. The molecule has 1 saturated heterocycles. The summed E-state index contributed by atoms with van der Waals surface area (Å²) in [6.45, 7) is 2.48. The molecule has 1 unspecified atom stereocenters. The van der Waals surface area contributed by atoms with Crippen LogP contribution in [0.3, 0.4) is 0 Å². The van der Waals surface area contributed by atoms with Gasteiger partial charge in [0.1, 0.15) is 5.82 Å². The zero-order chi connectivity index (χ0) is 10.8. The monoisotopic (exact) mass is 207 g/mol. The highest BCUT2D eigenvalue weighted by atomic mass is 16.1. The predicted molar refractivity (Wildman–Crippen MR) is 56.2 cm³/mol. The molecule has 6 heteroatoms. The van der Waals surface area contributed by atoms with Crippen molar-refractivity contribution < 1.29 is 4.79 Å². The van der Waals surface area contributed by atoms with E-state index in [-0.39, 0.29) is 17.9 Å². The van der Waals surface area contributed by atoms with Crippen molar-refractivity contribution in [3.05, 3.63) is 11.8 Å². The number of hydrogen-bond acceptors (Lipinski definition) is 5. The summed E-state index contributed by atoms with van der Waals surface area (Å²) in [5.41, 5.74) is 6.32. The molecule has 0 radical (unpaired) electrons. The third kappa shape index (κ3) is 2.34. The average Bonchev–Trinajstić information content (AvgIpc) is 2.49. The predicted octanol–water partition coefficient (Wildman–Crippen LogP) is -0.332. The lowest BCUT2D eigenvalue weighted by atomic mass is 10.2. The van der Waals surface area contributed by atoms with Crippen LogP contribution in [0.2, 0.25) is 0 Å². The first-order chi connectivity index (χ1) is 7.13. The number of hydrogen-bond donors (Lipinski definition) is 3. The number of anilines is 2. The lowest BCUT2D eigenvalue weighted by Crippen LogP contribution is -2.23. The van der Waals surface area contributed by atoms with Crippen LogP contribution in [0.4, 0.5) is 11.8 Å². The lowest BCUT2D eigenvalue weighted by molar-refractivity contribution is -0.119. The van der Waals surface area contributed by atoms with E-state index in [4.69, 9.17) is 5.73 Å². The van der Waals surface area contributed by atoms with Gasteiger partial charge in [-0.05, 0) is 6.92 Å². The second-order valence-corrected chi connectivity index (χ2v) is 3.60. The molecule has 2 heterocycles. The van der Waals surface area contributed by atoms with E-state index < -0.39 is 0 Å². The van der Waals surface area contributed by atoms with Crippen molar-refractivity contribution in [1.29, 1.82) is 0 Å². The van der Waals surface area contributed by atoms with Gasteiger partial charge in [-0.2, -0.15) is 4.98 Å². The minimum atomic E-state index is 0.0613. The van der Waals surface area contributed by atoms with Gasteiger partial charge in [-0.1, -0.05) is 0 Å². The Morgan fingerprint density at radius 2 is 2.40 bits per heavy atom. The smallest absolute Gasteiger partial charge is 0.222 e. The Hall–Kier alpha value is -1.85. The summed E-state index contributed by atoms with van der Waals surface area (Å²) in [6.07, 6.45) is 0.475. The number of nitrogen functional groups attached to an aromatic ring is 1. The fraction of sp³-hybridized carbons (Fsp3) is 0.444. The van der Waals surface area contributed by atoms with Gasteiger partial charge in [0.05, 0.1) is 6.04 Å². The first-order valence-electron chi connectivity index (χ1n) is 4.78. The maximum Gasteiger partial charge on any atom is 0.222 e. The fourth-order valence-electron chi connectivity index (χ4n) is 1.58. The van der Waals surface area contributed by atoms with Crippen LogP contribution in [0.25, 0.3) is 0 Å². The Morgan fingerprint density at radius 1 is 1.60 bits per heavy atom. The van der Waals surface area contributed by atoms with Gasteiger partial charge in [-0.25, -0.2) is 4.98 Å². The van der Waals surface area contributed by atoms with Crippen molar-refractivity contribution in [3.63, 3.8) is 0 Å². The van der Waals surface area contributed by atoms with Crippen LogP contribution in [-0.4, -0.2) is 28.5 Å². The molecule has 80 valence electrons. The van der Waals surface area contributed by atoms with E-state index in [0.717, 1.165) is 5.69 Å². The van der Waals surface area contributed by atoms with Crippen molar-refractivity contribution >= 4 is 17.7 Å². The number of carbonyl (C=O) groups excluding carboxylic acids is 1. The van der Waals surface area contributed by atoms with Gasteiger partial charge < -0.3 is 16.4 Å². The first-order valence-corrected chi connectivity index (χ1v) is 4.78. The molecule has 1 fully saturated rings. The van der Waals surface area contributed by atoms with E-state index in [2.05, 4.69) is 20.6 Å². The van der Waals surface area contributed by atoms with Crippen molar-refractivity contribution in [2.24, 2.45) is 0 Å². The van der Waals surface area contributed by atoms with E-state index in [1.165, 1.54) is 0 Å². The van der Waals surface area contributed by atoms with Gasteiger partial charge in [-0.15, -0.1) is 0 Å². The van der Waals surface area contributed by atoms with Gasteiger partial charge >= 0.3 is 0 Å². The van der Waals surface area contributed by atoms with Crippen molar-refractivity contribution in [2.75, 3.05) is 17.6 Å². The SMILES string of the molecule is Cc1cc(NC2CNC(=O)C2)nc(N)n1. The molecule has 0 bridgehead atoms. The van der Waals surface area contributed by atoms with Crippen molar-refractivity contribution in [3.8, 4) is 0 Å². The Balaban J connectivity index is 2.07. The third-order valence-electron chi connectivity index (χ3n) is 2.20. The summed E-state index contributed by atoms with van der Waals surface area (Å²) in [4.78, 5) is 19.0. The van der Waals surface area contributed by atoms with E-state index in [1.807, 2.05) is 6.92 Å². The first kappa shape index (κ1) is 9.70. The van der Waals surface area contributed by atoms with Crippen LogP contribution in [0.5, 0.6) is 0 Å². The van der Waals surface area contributed by atoms with Gasteiger partial charge in [-0.3, -0.25) is 4.79 Å². The molecule has 15 heavy (non-hydrogen) atoms. The van der Waals surface area contributed by atoms with Gasteiger partial charge in [0, 0.05) is 24.7 Å². The van der Waals surface area contributed by atoms with Crippen LogP contribution in [0, 0.1) is 6.92 Å². The normalized spacial score (nSPS) is 20.1. The van der Waals surface area contributed by atoms with Crippen molar-refractivity contribution in [2.45, 2.75) is 19.4 Å². The zero-order valence-electron chi connectivity index (χ0n) is 8.45. The molecule has 4 N–H and O–H groups in total. The number of nitrogens with one attached hydrogen (secondary N) is 2. The molecular formula is C9H13N5O. The Labute approximate surface area is 87.3 Å². The van der Waals surface area contributed by atoms with Gasteiger partial charge in [0.2, 0.25) is 11.9 Å². The van der Waals surface area contributed by atoms with Crippen LogP contribution < -0.4 is 16.4 Å². The largest absolute Gasteiger partial charge is 0.368 e. The van der Waals surface area contributed by atoms with E-state index in [9.17, 15) is 4.79 Å². The lowest BCUT2D eigenvalue weighted by Gasteiger charge is -2.11. The second-order valence-electron chi connectivity index (χ2n) is 3.60. The number of carbonyl (C=O) groups is 1. The number of nitrogens with two attached hydrogens (primary N) is 1. The molecule has 0 saturated carbocycles. The summed E-state index contributed by atoms with van der Waals surface area (Å²) in [5, 5.41) is 5.88. The highest BCUT2D eigenvalue weighted by Crippen LogP contribution is 2.11. The number of amides is 1. The molecule has 1 atom stereocenters. The molecule has 2 rings (SSSR count). The fourth-order valence-corrected chi connectivity index (χ4v) is 1.58. The quantitative estimate of drug-likeness (QED) is 0.617.